The minimum atomic E-state index is -0.546. The fourth-order valence-electron chi connectivity index (χ4n) is 3.36. The number of hydrogen-bond donors (Lipinski definition) is 4. The van der Waals surface area contributed by atoms with Crippen LogP contribution in [0.1, 0.15) is 50.1 Å². The maximum absolute atomic E-state index is 14.5. The summed E-state index contributed by atoms with van der Waals surface area (Å²) in [5.41, 5.74) is 0.946. The Morgan fingerprint density at radius 1 is 1.38 bits per heavy atom. The SMILES string of the molecule is C.C[C@@H](Nc1nc(=NC2CC2)n2ncc(=Cc3[nH]c(=O)[nH]c3O)c2n1)c1ccc(C#N)cc1F. The van der Waals surface area contributed by atoms with Crippen molar-refractivity contribution in [3.05, 3.63) is 68.4 Å². The molecule has 4 N–H and O–H groups in total. The number of nitrogens with one attached hydrogen (secondary N) is 3. The van der Waals surface area contributed by atoms with Crippen LogP contribution in [-0.2, 0) is 0 Å². The van der Waals surface area contributed by atoms with Gasteiger partial charge in [-0.2, -0.15) is 24.8 Å². The molecule has 1 aliphatic carbocycles. The average molecular weight is 463 g/mol. The number of benzene rings is 1. The molecule has 0 amide bonds. The van der Waals surface area contributed by atoms with Crippen LogP contribution in [0.5, 0.6) is 5.88 Å². The minimum absolute atomic E-state index is 0. The number of aromatic hydroxyl groups is 1. The fraction of sp³-hybridized carbons (Fsp3) is 0.273. The lowest BCUT2D eigenvalue weighted by molar-refractivity contribution is 0.454. The molecule has 1 aliphatic rings. The van der Waals surface area contributed by atoms with Gasteiger partial charge in [0.2, 0.25) is 11.8 Å². The number of H-pyrrole nitrogens is 2. The van der Waals surface area contributed by atoms with Crippen molar-refractivity contribution in [3.8, 4) is 11.9 Å². The van der Waals surface area contributed by atoms with Crippen molar-refractivity contribution in [1.29, 1.82) is 5.26 Å². The minimum Gasteiger partial charge on any atom is -0.493 e. The Kier molecular flexibility index (Phi) is 5.85. The van der Waals surface area contributed by atoms with Crippen molar-refractivity contribution in [2.45, 2.75) is 39.3 Å². The lowest BCUT2D eigenvalue weighted by Crippen LogP contribution is -2.25. The molecule has 34 heavy (non-hydrogen) atoms. The highest BCUT2D eigenvalue weighted by atomic mass is 19.1. The van der Waals surface area contributed by atoms with Crippen LogP contribution in [-0.4, -0.2) is 40.7 Å². The van der Waals surface area contributed by atoms with Crippen molar-refractivity contribution in [3.63, 3.8) is 0 Å². The van der Waals surface area contributed by atoms with Crippen molar-refractivity contribution in [2.75, 3.05) is 5.32 Å². The van der Waals surface area contributed by atoms with Crippen LogP contribution in [0.2, 0.25) is 0 Å². The van der Waals surface area contributed by atoms with Crippen molar-refractivity contribution in [2.24, 2.45) is 4.99 Å². The van der Waals surface area contributed by atoms with Crippen LogP contribution in [0.3, 0.4) is 0 Å². The molecule has 3 heterocycles. The Morgan fingerprint density at radius 3 is 2.82 bits per heavy atom. The molecule has 174 valence electrons. The molecule has 12 heteroatoms. The lowest BCUT2D eigenvalue weighted by atomic mass is 10.1. The highest BCUT2D eigenvalue weighted by Gasteiger charge is 2.21. The van der Waals surface area contributed by atoms with E-state index >= 15 is 0 Å². The third kappa shape index (κ3) is 4.36. The van der Waals surface area contributed by atoms with Crippen LogP contribution in [0.15, 0.2) is 34.2 Å². The number of imidazole rings is 1. The molecular formula is C22H22FN9O2. The van der Waals surface area contributed by atoms with E-state index in [1.54, 1.807) is 19.1 Å². The first-order valence-corrected chi connectivity index (χ1v) is 10.2. The van der Waals surface area contributed by atoms with Gasteiger partial charge in [-0.25, -0.2) is 14.2 Å². The lowest BCUT2D eigenvalue weighted by Gasteiger charge is -2.15. The first kappa shape index (κ1) is 22.7. The van der Waals surface area contributed by atoms with Crippen LogP contribution in [0, 0.1) is 17.1 Å². The molecule has 0 unspecified atom stereocenters. The number of nitrogens with zero attached hydrogens (tertiary/aromatic N) is 6. The van der Waals surface area contributed by atoms with Crippen molar-refractivity contribution in [1.82, 2.24) is 29.5 Å². The van der Waals surface area contributed by atoms with Gasteiger partial charge in [0.15, 0.2) is 5.65 Å². The van der Waals surface area contributed by atoms with E-state index in [9.17, 15) is 14.3 Å². The first-order valence-electron chi connectivity index (χ1n) is 10.2. The summed E-state index contributed by atoms with van der Waals surface area (Å²) in [6, 6.07) is 5.83. The largest absolute Gasteiger partial charge is 0.493 e. The number of rotatable bonds is 5. The molecule has 0 saturated heterocycles. The third-order valence-corrected chi connectivity index (χ3v) is 5.20. The van der Waals surface area contributed by atoms with Crippen LogP contribution in [0.25, 0.3) is 11.7 Å². The van der Waals surface area contributed by atoms with Crippen LogP contribution >= 0.6 is 0 Å². The average Bonchev–Trinajstić information content (AvgIpc) is 3.42. The molecule has 1 atom stereocenters. The number of nitriles is 1. The molecule has 1 fully saturated rings. The second-order valence-corrected chi connectivity index (χ2v) is 7.74. The number of fused-ring (bicyclic) bond motifs is 1. The molecule has 5 rings (SSSR count). The first-order chi connectivity index (χ1) is 15.9. The van der Waals surface area contributed by atoms with E-state index in [-0.39, 0.29) is 36.6 Å². The molecular weight excluding hydrogens is 441 g/mol. The molecule has 3 aromatic heterocycles. The molecule has 0 radical (unpaired) electrons. The zero-order valence-corrected chi connectivity index (χ0v) is 17.4. The Bertz CT molecular complexity index is 1590. The Morgan fingerprint density at radius 2 is 2.18 bits per heavy atom. The summed E-state index contributed by atoms with van der Waals surface area (Å²) in [5.74, 6) is -0.608. The number of hydrogen-bond acceptors (Lipinski definition) is 8. The van der Waals surface area contributed by atoms with Gasteiger partial charge in [-0.15, -0.1) is 0 Å². The molecule has 1 saturated carbocycles. The molecule has 0 aliphatic heterocycles. The Balaban J connectivity index is 0.00000274. The summed E-state index contributed by atoms with van der Waals surface area (Å²) >= 11 is 0. The molecule has 0 bridgehead atoms. The second-order valence-electron chi connectivity index (χ2n) is 7.74. The smallest absolute Gasteiger partial charge is 0.326 e. The van der Waals surface area contributed by atoms with Gasteiger partial charge in [-0.3, -0.25) is 4.98 Å². The number of halogens is 1. The van der Waals surface area contributed by atoms with Crippen LogP contribution in [0.4, 0.5) is 10.3 Å². The Labute approximate surface area is 192 Å². The van der Waals surface area contributed by atoms with Gasteiger partial charge in [0, 0.05) is 10.8 Å². The number of anilines is 1. The predicted molar refractivity (Wildman–Crippen MR) is 121 cm³/mol. The van der Waals surface area contributed by atoms with Crippen LogP contribution < -0.4 is 21.8 Å². The predicted octanol–water partition coefficient (Wildman–Crippen LogP) is 1.28. The highest BCUT2D eigenvalue weighted by Crippen LogP contribution is 2.23. The quantitative estimate of drug-likeness (QED) is 0.347. The zero-order valence-electron chi connectivity index (χ0n) is 17.4. The van der Waals surface area contributed by atoms with Crippen molar-refractivity contribution >= 4 is 17.7 Å². The number of aromatic amines is 2. The van der Waals surface area contributed by atoms with E-state index < -0.39 is 17.5 Å². The number of aromatic nitrogens is 6. The van der Waals surface area contributed by atoms with E-state index in [1.165, 1.54) is 22.9 Å². The van der Waals surface area contributed by atoms with Gasteiger partial charge in [0.1, 0.15) is 11.5 Å². The van der Waals surface area contributed by atoms with Gasteiger partial charge >= 0.3 is 5.69 Å². The van der Waals surface area contributed by atoms with Gasteiger partial charge in [0.25, 0.3) is 5.62 Å². The second kappa shape index (κ2) is 8.78. The van der Waals surface area contributed by atoms with E-state index in [4.69, 9.17) is 5.26 Å². The monoisotopic (exact) mass is 463 g/mol. The summed E-state index contributed by atoms with van der Waals surface area (Å²) in [6.45, 7) is 1.75. The molecule has 0 spiro atoms. The Hall–Kier alpha value is -4.53. The van der Waals surface area contributed by atoms with E-state index in [2.05, 4.69) is 35.3 Å². The maximum atomic E-state index is 14.5. The maximum Gasteiger partial charge on any atom is 0.326 e. The molecule has 11 nitrogen and oxygen atoms in total. The summed E-state index contributed by atoms with van der Waals surface area (Å²) in [6.07, 6.45) is 4.96. The molecule has 4 aromatic rings. The summed E-state index contributed by atoms with van der Waals surface area (Å²) in [5, 5.41) is 26.7. The van der Waals surface area contributed by atoms with E-state index in [0.717, 1.165) is 12.8 Å². The third-order valence-electron chi connectivity index (χ3n) is 5.20. The van der Waals surface area contributed by atoms with Gasteiger partial charge in [0.05, 0.1) is 29.9 Å². The van der Waals surface area contributed by atoms with E-state index in [0.29, 0.717) is 22.0 Å². The fourth-order valence-corrected chi connectivity index (χ4v) is 3.36. The highest BCUT2D eigenvalue weighted by molar-refractivity contribution is 5.57. The normalized spacial score (nSPS) is 15.2. The zero-order chi connectivity index (χ0) is 23.1. The summed E-state index contributed by atoms with van der Waals surface area (Å²) < 4.78 is 16.0. The summed E-state index contributed by atoms with van der Waals surface area (Å²) in [7, 11) is 0. The van der Waals surface area contributed by atoms with Gasteiger partial charge in [-0.05, 0) is 38.0 Å². The van der Waals surface area contributed by atoms with E-state index in [1.807, 2.05) is 6.07 Å². The standard InChI is InChI=1S/C21H18FN9O2.CH4/c1-10(14-5-2-11(8-23)6-15(14)22)25-19-28-17-12(7-16-18(32)29-21(33)27-16)9-24-31(17)20(30-19)26-13-3-4-13;/h2,5-7,9-10,13,32H,3-4H2,1H3,(H,25,26,30)(H2,27,29,33);1H4/t10-;/m1./s1. The summed E-state index contributed by atoms with van der Waals surface area (Å²) in [4.78, 5) is 29.8. The topological polar surface area (TPSA) is 160 Å². The van der Waals surface area contributed by atoms with Gasteiger partial charge in [-0.1, -0.05) is 13.5 Å². The van der Waals surface area contributed by atoms with Crippen molar-refractivity contribution < 1.29 is 9.50 Å². The van der Waals surface area contributed by atoms with Gasteiger partial charge < -0.3 is 15.4 Å². The molecule has 1 aromatic carbocycles.